The summed E-state index contributed by atoms with van der Waals surface area (Å²) in [6.45, 7) is 1.54. The Balaban J connectivity index is 1.38. The van der Waals surface area contributed by atoms with Crippen molar-refractivity contribution in [1.29, 1.82) is 0 Å². The number of aromatic nitrogens is 2. The van der Waals surface area contributed by atoms with E-state index in [-0.39, 0.29) is 5.91 Å². The number of hydrogen-bond donors (Lipinski definition) is 2. The fourth-order valence-corrected chi connectivity index (χ4v) is 2.66. The lowest BCUT2D eigenvalue weighted by atomic mass is 10.2. The van der Waals surface area contributed by atoms with E-state index < -0.39 is 0 Å². The Morgan fingerprint density at radius 2 is 1.74 bits per heavy atom. The van der Waals surface area contributed by atoms with E-state index in [9.17, 15) is 4.79 Å². The maximum atomic E-state index is 12.2. The predicted octanol–water partition coefficient (Wildman–Crippen LogP) is 2.92. The van der Waals surface area contributed by atoms with Gasteiger partial charge in [0.15, 0.2) is 11.5 Å². The minimum Gasteiger partial charge on any atom is -0.486 e. The number of amides is 1. The van der Waals surface area contributed by atoms with Gasteiger partial charge in [-0.1, -0.05) is 0 Å². The maximum absolute atomic E-state index is 12.2. The molecular formula is C20H18N4O3. The monoisotopic (exact) mass is 362 g/mol. The van der Waals surface area contributed by atoms with Crippen molar-refractivity contribution in [3.05, 3.63) is 72.3 Å². The summed E-state index contributed by atoms with van der Waals surface area (Å²) in [7, 11) is 0. The van der Waals surface area contributed by atoms with Gasteiger partial charge in [-0.3, -0.25) is 9.78 Å². The lowest BCUT2D eigenvalue weighted by Gasteiger charge is -2.19. The number of nitrogens with one attached hydrogen (secondary N) is 2. The number of ether oxygens (including phenoxy) is 2. The number of pyridine rings is 2. The van der Waals surface area contributed by atoms with Crippen molar-refractivity contribution in [1.82, 2.24) is 15.3 Å². The zero-order valence-corrected chi connectivity index (χ0v) is 14.5. The van der Waals surface area contributed by atoms with Crippen LogP contribution in [0, 0.1) is 0 Å². The normalized spacial score (nSPS) is 12.3. The number of anilines is 2. The fraction of sp³-hybridized carbons (Fsp3) is 0.150. The summed E-state index contributed by atoms with van der Waals surface area (Å²) in [5.41, 5.74) is 2.97. The molecule has 0 spiro atoms. The molecule has 7 nitrogen and oxygen atoms in total. The molecule has 1 aliphatic rings. The van der Waals surface area contributed by atoms with Crippen LogP contribution < -0.4 is 20.1 Å². The van der Waals surface area contributed by atoms with Gasteiger partial charge in [-0.15, -0.1) is 0 Å². The first-order chi connectivity index (χ1) is 13.3. The first-order valence-electron chi connectivity index (χ1n) is 8.58. The van der Waals surface area contributed by atoms with Crippen LogP contribution in [0.4, 0.5) is 11.4 Å². The van der Waals surface area contributed by atoms with Crippen molar-refractivity contribution in [2.45, 2.75) is 6.54 Å². The third-order valence-electron chi connectivity index (χ3n) is 4.03. The van der Waals surface area contributed by atoms with Crippen LogP contribution in [-0.2, 0) is 6.54 Å². The first-order valence-corrected chi connectivity index (χ1v) is 8.58. The second-order valence-corrected chi connectivity index (χ2v) is 5.95. The van der Waals surface area contributed by atoms with E-state index in [0.29, 0.717) is 31.2 Å². The van der Waals surface area contributed by atoms with Gasteiger partial charge in [-0.25, -0.2) is 4.98 Å². The standard InChI is InChI=1S/C20H18N4O3/c25-20(23-12-14-5-7-21-8-6-14)17-3-1-16(13-22-17)24-15-2-4-18-19(11-15)27-10-9-26-18/h1-8,11,13,24H,9-10,12H2,(H,23,25). The number of hydrogen-bond acceptors (Lipinski definition) is 6. The summed E-state index contributed by atoms with van der Waals surface area (Å²) in [5, 5.41) is 6.08. The molecule has 7 heteroatoms. The Hall–Kier alpha value is -3.61. The fourth-order valence-electron chi connectivity index (χ4n) is 2.66. The summed E-state index contributed by atoms with van der Waals surface area (Å²) >= 11 is 0. The predicted molar refractivity (Wildman–Crippen MR) is 100 cm³/mol. The topological polar surface area (TPSA) is 85.4 Å². The summed E-state index contributed by atoms with van der Waals surface area (Å²) < 4.78 is 11.1. The van der Waals surface area contributed by atoms with Gasteiger partial charge < -0.3 is 20.1 Å². The minimum absolute atomic E-state index is 0.224. The molecule has 27 heavy (non-hydrogen) atoms. The van der Waals surface area contributed by atoms with Crippen LogP contribution in [0.3, 0.4) is 0 Å². The van der Waals surface area contributed by atoms with Crippen LogP contribution in [-0.4, -0.2) is 29.1 Å². The number of nitrogens with zero attached hydrogens (tertiary/aromatic N) is 2. The molecule has 136 valence electrons. The molecule has 0 bridgehead atoms. The highest BCUT2D eigenvalue weighted by atomic mass is 16.6. The van der Waals surface area contributed by atoms with E-state index in [1.165, 1.54) is 0 Å². The van der Waals surface area contributed by atoms with Gasteiger partial charge in [-0.05, 0) is 42.0 Å². The molecule has 3 aromatic rings. The van der Waals surface area contributed by atoms with Crippen LogP contribution in [0.1, 0.15) is 16.1 Å². The van der Waals surface area contributed by atoms with Crippen molar-refractivity contribution in [3.63, 3.8) is 0 Å². The number of fused-ring (bicyclic) bond motifs is 1. The van der Waals surface area contributed by atoms with Gasteiger partial charge in [0.2, 0.25) is 0 Å². The second kappa shape index (κ2) is 7.74. The zero-order valence-electron chi connectivity index (χ0n) is 14.5. The molecule has 1 amide bonds. The molecule has 3 heterocycles. The lowest BCUT2D eigenvalue weighted by Crippen LogP contribution is -2.23. The molecule has 0 radical (unpaired) electrons. The Bertz CT molecular complexity index is 930. The molecule has 0 saturated heterocycles. The Morgan fingerprint density at radius 3 is 2.52 bits per heavy atom. The highest BCUT2D eigenvalue weighted by Crippen LogP contribution is 2.33. The molecule has 0 unspecified atom stereocenters. The smallest absolute Gasteiger partial charge is 0.270 e. The van der Waals surface area contributed by atoms with Crippen LogP contribution in [0.5, 0.6) is 11.5 Å². The van der Waals surface area contributed by atoms with Gasteiger partial charge in [-0.2, -0.15) is 0 Å². The number of benzene rings is 1. The van der Waals surface area contributed by atoms with Gasteiger partial charge in [0.05, 0.1) is 11.9 Å². The van der Waals surface area contributed by atoms with Gasteiger partial charge in [0.25, 0.3) is 5.91 Å². The van der Waals surface area contributed by atoms with Gasteiger partial charge in [0.1, 0.15) is 18.9 Å². The van der Waals surface area contributed by atoms with Crippen molar-refractivity contribution in [2.75, 3.05) is 18.5 Å². The van der Waals surface area contributed by atoms with E-state index in [4.69, 9.17) is 9.47 Å². The Morgan fingerprint density at radius 1 is 0.963 bits per heavy atom. The molecule has 1 aliphatic heterocycles. The summed E-state index contributed by atoms with van der Waals surface area (Å²) in [5.74, 6) is 1.23. The third kappa shape index (κ3) is 4.14. The van der Waals surface area contributed by atoms with Gasteiger partial charge >= 0.3 is 0 Å². The summed E-state index contributed by atoms with van der Waals surface area (Å²) in [6.07, 6.45) is 5.01. The zero-order chi connectivity index (χ0) is 18.5. The molecule has 2 N–H and O–H groups in total. The third-order valence-corrected chi connectivity index (χ3v) is 4.03. The van der Waals surface area contributed by atoms with Crippen LogP contribution >= 0.6 is 0 Å². The average molecular weight is 362 g/mol. The molecule has 0 aliphatic carbocycles. The van der Waals surface area contributed by atoms with E-state index >= 15 is 0 Å². The molecule has 0 fully saturated rings. The Kier molecular flexibility index (Phi) is 4.82. The SMILES string of the molecule is O=C(NCc1ccncc1)c1ccc(Nc2ccc3c(c2)OCCO3)cn1. The number of carbonyl (C=O) groups excluding carboxylic acids is 1. The van der Waals surface area contributed by atoms with Crippen molar-refractivity contribution >= 4 is 17.3 Å². The molecule has 4 rings (SSSR count). The molecule has 0 atom stereocenters. The highest BCUT2D eigenvalue weighted by Gasteiger charge is 2.12. The van der Waals surface area contributed by atoms with Crippen molar-refractivity contribution in [3.8, 4) is 11.5 Å². The van der Waals surface area contributed by atoms with Crippen LogP contribution in [0.15, 0.2) is 61.1 Å². The quantitative estimate of drug-likeness (QED) is 0.726. The van der Waals surface area contributed by atoms with Crippen molar-refractivity contribution in [2.24, 2.45) is 0 Å². The average Bonchev–Trinajstić information content (AvgIpc) is 2.73. The molecule has 2 aromatic heterocycles. The van der Waals surface area contributed by atoms with Crippen molar-refractivity contribution < 1.29 is 14.3 Å². The van der Waals surface area contributed by atoms with E-state index in [0.717, 1.165) is 22.7 Å². The number of rotatable bonds is 5. The Labute approximate surface area is 156 Å². The summed E-state index contributed by atoms with van der Waals surface area (Å²) in [6, 6.07) is 12.9. The second-order valence-electron chi connectivity index (χ2n) is 5.95. The van der Waals surface area contributed by atoms with E-state index in [1.807, 2.05) is 36.4 Å². The molecule has 1 aromatic carbocycles. The van der Waals surface area contributed by atoms with Crippen LogP contribution in [0.25, 0.3) is 0 Å². The van der Waals surface area contributed by atoms with E-state index in [1.54, 1.807) is 24.7 Å². The number of carbonyl (C=O) groups is 1. The first kappa shape index (κ1) is 16.8. The maximum Gasteiger partial charge on any atom is 0.270 e. The highest BCUT2D eigenvalue weighted by molar-refractivity contribution is 5.92. The van der Waals surface area contributed by atoms with Gasteiger partial charge in [0, 0.05) is 30.7 Å². The minimum atomic E-state index is -0.224. The molecular weight excluding hydrogens is 344 g/mol. The molecule has 0 saturated carbocycles. The van der Waals surface area contributed by atoms with Crippen LogP contribution in [0.2, 0.25) is 0 Å². The van der Waals surface area contributed by atoms with E-state index in [2.05, 4.69) is 20.6 Å². The largest absolute Gasteiger partial charge is 0.486 e. The lowest BCUT2D eigenvalue weighted by molar-refractivity contribution is 0.0946. The summed E-state index contributed by atoms with van der Waals surface area (Å²) in [4.78, 5) is 20.4.